The molecule has 138 valence electrons. The SMILES string of the molecule is COCCc1nc2sc(C)c(-c3cccs3)c2c(=O)n1CCCC(=O)O. The Labute approximate surface area is 158 Å². The van der Waals surface area contributed by atoms with Gasteiger partial charge in [-0.15, -0.1) is 22.7 Å². The average molecular weight is 393 g/mol. The molecule has 6 nitrogen and oxygen atoms in total. The largest absolute Gasteiger partial charge is 0.481 e. The van der Waals surface area contributed by atoms with Gasteiger partial charge in [0.25, 0.3) is 5.56 Å². The molecule has 0 aliphatic carbocycles. The Hall–Kier alpha value is -2.03. The summed E-state index contributed by atoms with van der Waals surface area (Å²) in [6, 6.07) is 3.97. The van der Waals surface area contributed by atoms with Crippen molar-refractivity contribution < 1.29 is 14.6 Å². The second-order valence-corrected chi connectivity index (χ2v) is 8.07. The number of aliphatic carboxylic acids is 1. The minimum absolute atomic E-state index is 0.0225. The summed E-state index contributed by atoms with van der Waals surface area (Å²) in [4.78, 5) is 31.7. The third kappa shape index (κ3) is 3.72. The summed E-state index contributed by atoms with van der Waals surface area (Å²) in [6.07, 6.45) is 0.925. The first-order valence-electron chi connectivity index (χ1n) is 8.30. The Morgan fingerprint density at radius 3 is 2.88 bits per heavy atom. The fourth-order valence-corrected chi connectivity index (χ4v) is 4.90. The molecule has 8 heteroatoms. The van der Waals surface area contributed by atoms with E-state index in [9.17, 15) is 9.59 Å². The molecular weight excluding hydrogens is 372 g/mol. The van der Waals surface area contributed by atoms with Crippen LogP contribution in [0.15, 0.2) is 22.3 Å². The van der Waals surface area contributed by atoms with E-state index in [0.717, 1.165) is 20.1 Å². The lowest BCUT2D eigenvalue weighted by Crippen LogP contribution is -2.26. The van der Waals surface area contributed by atoms with Gasteiger partial charge in [0.05, 0.1) is 12.0 Å². The molecular formula is C18H20N2O4S2. The Morgan fingerprint density at radius 1 is 1.42 bits per heavy atom. The molecule has 0 fully saturated rings. The topological polar surface area (TPSA) is 81.4 Å². The summed E-state index contributed by atoms with van der Waals surface area (Å²) in [5.74, 6) is -0.218. The van der Waals surface area contributed by atoms with Crippen molar-refractivity contribution in [3.8, 4) is 10.4 Å². The van der Waals surface area contributed by atoms with Gasteiger partial charge >= 0.3 is 5.97 Å². The van der Waals surface area contributed by atoms with Crippen molar-refractivity contribution >= 4 is 38.9 Å². The van der Waals surface area contributed by atoms with Crippen molar-refractivity contribution in [1.82, 2.24) is 9.55 Å². The zero-order valence-corrected chi connectivity index (χ0v) is 16.3. The lowest BCUT2D eigenvalue weighted by molar-refractivity contribution is -0.137. The Kier molecular flexibility index (Phi) is 5.85. The van der Waals surface area contributed by atoms with Gasteiger partial charge in [0.1, 0.15) is 10.7 Å². The highest BCUT2D eigenvalue weighted by molar-refractivity contribution is 7.20. The number of carbonyl (C=O) groups is 1. The molecule has 0 spiro atoms. The Balaban J connectivity index is 2.14. The minimum atomic E-state index is -0.865. The molecule has 0 aliphatic heterocycles. The van der Waals surface area contributed by atoms with Gasteiger partial charge in [-0.3, -0.25) is 14.2 Å². The van der Waals surface area contributed by atoms with E-state index in [-0.39, 0.29) is 12.0 Å². The van der Waals surface area contributed by atoms with Crippen LogP contribution in [0.3, 0.4) is 0 Å². The zero-order chi connectivity index (χ0) is 18.7. The number of carboxylic acids is 1. The quantitative estimate of drug-likeness (QED) is 0.634. The normalized spacial score (nSPS) is 11.3. The van der Waals surface area contributed by atoms with Crippen LogP contribution in [0.25, 0.3) is 20.7 Å². The molecule has 0 saturated carbocycles. The van der Waals surface area contributed by atoms with Gasteiger partial charge in [-0.25, -0.2) is 4.98 Å². The number of nitrogens with zero attached hydrogens (tertiary/aromatic N) is 2. The first kappa shape index (κ1) is 18.8. The van der Waals surface area contributed by atoms with Gasteiger partial charge in [0.2, 0.25) is 0 Å². The van der Waals surface area contributed by atoms with Crippen molar-refractivity contribution in [3.05, 3.63) is 38.6 Å². The van der Waals surface area contributed by atoms with Crippen molar-refractivity contribution in [3.63, 3.8) is 0 Å². The first-order valence-corrected chi connectivity index (χ1v) is 10.00. The molecule has 0 unspecified atom stereocenters. The third-order valence-corrected chi connectivity index (χ3v) is 6.02. The van der Waals surface area contributed by atoms with E-state index in [0.29, 0.717) is 37.2 Å². The highest BCUT2D eigenvalue weighted by Crippen LogP contribution is 2.37. The first-order chi connectivity index (χ1) is 12.5. The number of ether oxygens (including phenoxy) is 1. The van der Waals surface area contributed by atoms with Crippen LogP contribution in [-0.4, -0.2) is 34.3 Å². The van der Waals surface area contributed by atoms with E-state index in [1.807, 2.05) is 24.4 Å². The molecule has 0 aliphatic rings. The van der Waals surface area contributed by atoms with E-state index in [1.165, 1.54) is 11.3 Å². The predicted octanol–water partition coefficient (Wildman–Crippen LogP) is 3.55. The smallest absolute Gasteiger partial charge is 0.303 e. The summed E-state index contributed by atoms with van der Waals surface area (Å²) in [7, 11) is 1.61. The fourth-order valence-electron chi connectivity index (χ4n) is 2.96. The van der Waals surface area contributed by atoms with Crippen LogP contribution in [0.2, 0.25) is 0 Å². The number of hydrogen-bond donors (Lipinski definition) is 1. The number of thiophene rings is 2. The maximum Gasteiger partial charge on any atom is 0.303 e. The predicted molar refractivity (Wildman–Crippen MR) is 104 cm³/mol. The third-order valence-electron chi connectivity index (χ3n) is 4.14. The van der Waals surface area contributed by atoms with Gasteiger partial charge in [-0.1, -0.05) is 6.07 Å². The van der Waals surface area contributed by atoms with Crippen LogP contribution < -0.4 is 5.56 Å². The van der Waals surface area contributed by atoms with Crippen LogP contribution in [0.1, 0.15) is 23.5 Å². The fraction of sp³-hybridized carbons (Fsp3) is 0.389. The summed E-state index contributed by atoms with van der Waals surface area (Å²) in [5, 5.41) is 11.5. The van der Waals surface area contributed by atoms with E-state index in [4.69, 9.17) is 14.8 Å². The molecule has 0 saturated heterocycles. The molecule has 3 aromatic heterocycles. The van der Waals surface area contributed by atoms with Crippen molar-refractivity contribution in [2.45, 2.75) is 32.7 Å². The number of fused-ring (bicyclic) bond motifs is 1. The monoisotopic (exact) mass is 392 g/mol. The highest BCUT2D eigenvalue weighted by atomic mass is 32.1. The van der Waals surface area contributed by atoms with Crippen LogP contribution in [0.5, 0.6) is 0 Å². The second-order valence-electron chi connectivity index (χ2n) is 5.92. The molecule has 0 bridgehead atoms. The number of hydrogen-bond acceptors (Lipinski definition) is 6. The standard InChI is InChI=1S/C18H20N2O4S2/c1-11-15(12-5-4-10-25-12)16-17(26-11)19-13(7-9-24-2)20(18(16)23)8-3-6-14(21)22/h4-5,10H,3,6-9H2,1-2H3,(H,21,22). The van der Waals surface area contributed by atoms with Crippen LogP contribution in [-0.2, 0) is 22.5 Å². The molecule has 0 atom stereocenters. The molecule has 3 aromatic rings. The number of aromatic nitrogens is 2. The Bertz CT molecular complexity index is 973. The van der Waals surface area contributed by atoms with Crippen LogP contribution >= 0.6 is 22.7 Å². The molecule has 0 amide bonds. The van der Waals surface area contributed by atoms with E-state index in [1.54, 1.807) is 23.0 Å². The maximum atomic E-state index is 13.3. The number of methoxy groups -OCH3 is 1. The highest BCUT2D eigenvalue weighted by Gasteiger charge is 2.20. The lowest BCUT2D eigenvalue weighted by Gasteiger charge is -2.12. The molecule has 26 heavy (non-hydrogen) atoms. The molecule has 3 rings (SSSR count). The summed E-state index contributed by atoms with van der Waals surface area (Å²) >= 11 is 3.12. The van der Waals surface area contributed by atoms with Gasteiger partial charge in [0.15, 0.2) is 0 Å². The van der Waals surface area contributed by atoms with Gasteiger partial charge < -0.3 is 9.84 Å². The van der Waals surface area contributed by atoms with Crippen molar-refractivity contribution in [2.24, 2.45) is 0 Å². The van der Waals surface area contributed by atoms with E-state index >= 15 is 0 Å². The number of aryl methyl sites for hydroxylation is 1. The van der Waals surface area contributed by atoms with E-state index in [2.05, 4.69) is 0 Å². The number of carboxylic acid groups (broad SMARTS) is 1. The summed E-state index contributed by atoms with van der Waals surface area (Å²) in [5.41, 5.74) is 0.849. The lowest BCUT2D eigenvalue weighted by atomic mass is 10.1. The Morgan fingerprint density at radius 2 is 2.23 bits per heavy atom. The molecule has 1 N–H and O–H groups in total. The van der Waals surface area contributed by atoms with Crippen molar-refractivity contribution in [2.75, 3.05) is 13.7 Å². The summed E-state index contributed by atoms with van der Waals surface area (Å²) < 4.78 is 6.76. The molecule has 3 heterocycles. The van der Waals surface area contributed by atoms with Gasteiger partial charge in [-0.2, -0.15) is 0 Å². The second kappa shape index (κ2) is 8.11. The maximum absolute atomic E-state index is 13.3. The van der Waals surface area contributed by atoms with Gasteiger partial charge in [0, 0.05) is 41.8 Å². The van der Waals surface area contributed by atoms with Crippen LogP contribution in [0.4, 0.5) is 0 Å². The van der Waals surface area contributed by atoms with Crippen molar-refractivity contribution in [1.29, 1.82) is 0 Å². The zero-order valence-electron chi connectivity index (χ0n) is 14.7. The van der Waals surface area contributed by atoms with Gasteiger partial charge in [-0.05, 0) is 24.8 Å². The minimum Gasteiger partial charge on any atom is -0.481 e. The number of rotatable bonds is 8. The molecule has 0 radical (unpaired) electrons. The van der Waals surface area contributed by atoms with E-state index < -0.39 is 5.97 Å². The average Bonchev–Trinajstić information content (AvgIpc) is 3.21. The summed E-state index contributed by atoms with van der Waals surface area (Å²) in [6.45, 7) is 2.80. The molecule has 0 aromatic carbocycles. The van der Waals surface area contributed by atoms with Crippen LogP contribution in [0, 0.1) is 6.92 Å².